The number of amides is 1. The Hall–Kier alpha value is -1.84. The summed E-state index contributed by atoms with van der Waals surface area (Å²) >= 11 is 4.06. The third kappa shape index (κ3) is 3.97. The molecule has 3 aromatic rings. The molecule has 3 rings (SSSR count). The lowest BCUT2D eigenvalue weighted by molar-refractivity contribution is -0.115. The number of carbonyl (C=O) groups is 1. The Bertz CT molecular complexity index is 852. The van der Waals surface area contributed by atoms with Gasteiger partial charge in [0.05, 0.1) is 10.9 Å². The molecule has 4 nitrogen and oxygen atoms in total. The summed E-state index contributed by atoms with van der Waals surface area (Å²) in [5.74, 6) is -2.03. The van der Waals surface area contributed by atoms with Gasteiger partial charge in [-0.15, -0.1) is 22.7 Å². The van der Waals surface area contributed by atoms with E-state index >= 15 is 0 Å². The van der Waals surface area contributed by atoms with E-state index in [1.54, 1.807) is 18.5 Å². The van der Waals surface area contributed by atoms with Crippen LogP contribution in [0.25, 0.3) is 11.3 Å². The molecular formula is C15H11F2N3OS3. The molecular weight excluding hydrogens is 372 g/mol. The molecule has 0 aliphatic heterocycles. The van der Waals surface area contributed by atoms with Crippen LogP contribution in [0.2, 0.25) is 0 Å². The predicted octanol–water partition coefficient (Wildman–Crippen LogP) is 4.66. The molecule has 1 amide bonds. The zero-order valence-electron chi connectivity index (χ0n) is 12.3. The number of thioether (sulfide) groups is 1. The van der Waals surface area contributed by atoms with Crippen molar-refractivity contribution in [3.8, 4) is 11.3 Å². The molecule has 2 heterocycles. The van der Waals surface area contributed by atoms with E-state index in [2.05, 4.69) is 15.3 Å². The Balaban J connectivity index is 1.67. The summed E-state index contributed by atoms with van der Waals surface area (Å²) in [5, 5.41) is 6.34. The van der Waals surface area contributed by atoms with Crippen LogP contribution in [0.5, 0.6) is 0 Å². The fourth-order valence-corrected chi connectivity index (χ4v) is 4.29. The summed E-state index contributed by atoms with van der Waals surface area (Å²) in [6.45, 7) is 1.78. The fourth-order valence-electron chi connectivity index (χ4n) is 1.80. The second-order valence-corrected chi connectivity index (χ2v) is 8.05. The van der Waals surface area contributed by atoms with Gasteiger partial charge in [-0.25, -0.2) is 18.7 Å². The van der Waals surface area contributed by atoms with Crippen molar-refractivity contribution < 1.29 is 13.6 Å². The van der Waals surface area contributed by atoms with Gasteiger partial charge in [-0.05, 0) is 25.1 Å². The van der Waals surface area contributed by atoms with E-state index in [0.29, 0.717) is 16.4 Å². The highest BCUT2D eigenvalue weighted by Crippen LogP contribution is 2.28. The summed E-state index contributed by atoms with van der Waals surface area (Å²) in [4.78, 5) is 20.6. The molecule has 0 saturated carbocycles. The molecule has 2 aromatic heterocycles. The summed E-state index contributed by atoms with van der Waals surface area (Å²) in [6.07, 6.45) is 1.69. The molecule has 9 heteroatoms. The van der Waals surface area contributed by atoms with Crippen molar-refractivity contribution >= 4 is 45.5 Å². The molecule has 1 N–H and O–H groups in total. The average Bonchev–Trinajstić information content (AvgIpc) is 3.22. The first-order valence-electron chi connectivity index (χ1n) is 6.81. The molecule has 124 valence electrons. The molecule has 0 aliphatic carbocycles. The number of rotatable bonds is 5. The van der Waals surface area contributed by atoms with E-state index in [9.17, 15) is 13.6 Å². The number of halogens is 2. The Morgan fingerprint density at radius 1 is 1.29 bits per heavy atom. The fraction of sp³-hybridized carbons (Fsp3) is 0.133. The first-order valence-corrected chi connectivity index (χ1v) is 9.45. The van der Waals surface area contributed by atoms with E-state index in [0.717, 1.165) is 16.5 Å². The lowest BCUT2D eigenvalue weighted by atomic mass is 10.2. The average molecular weight is 383 g/mol. The number of hydrogen-bond acceptors (Lipinski definition) is 6. The van der Waals surface area contributed by atoms with Crippen molar-refractivity contribution in [2.24, 2.45) is 0 Å². The van der Waals surface area contributed by atoms with Gasteiger partial charge in [0, 0.05) is 22.5 Å². The Morgan fingerprint density at radius 3 is 2.83 bits per heavy atom. The minimum Gasteiger partial charge on any atom is -0.301 e. The summed E-state index contributed by atoms with van der Waals surface area (Å²) in [6, 6.07) is 3.58. The largest absolute Gasteiger partial charge is 0.301 e. The minimum atomic E-state index is -0.931. The summed E-state index contributed by atoms with van der Waals surface area (Å²) in [7, 11) is 0. The Kier molecular flexibility index (Phi) is 5.22. The Labute approximate surface area is 149 Å². The topological polar surface area (TPSA) is 54.9 Å². The number of nitrogens with one attached hydrogen (secondary N) is 1. The van der Waals surface area contributed by atoms with Crippen LogP contribution in [-0.2, 0) is 4.79 Å². The van der Waals surface area contributed by atoms with E-state index in [-0.39, 0.29) is 11.2 Å². The molecule has 0 saturated heterocycles. The normalized spacial score (nSPS) is 12.1. The highest BCUT2D eigenvalue weighted by Gasteiger charge is 2.17. The van der Waals surface area contributed by atoms with Crippen molar-refractivity contribution in [2.45, 2.75) is 16.5 Å². The van der Waals surface area contributed by atoms with Crippen LogP contribution in [0.1, 0.15) is 6.92 Å². The van der Waals surface area contributed by atoms with Crippen LogP contribution in [-0.4, -0.2) is 21.1 Å². The number of anilines is 1. The van der Waals surface area contributed by atoms with Gasteiger partial charge in [-0.2, -0.15) is 0 Å². The third-order valence-corrected chi connectivity index (χ3v) is 5.78. The van der Waals surface area contributed by atoms with Crippen LogP contribution in [0, 0.1) is 11.6 Å². The quantitative estimate of drug-likeness (QED) is 0.651. The van der Waals surface area contributed by atoms with Gasteiger partial charge in [-0.3, -0.25) is 4.79 Å². The molecule has 1 aromatic carbocycles. The van der Waals surface area contributed by atoms with Crippen molar-refractivity contribution in [1.29, 1.82) is 0 Å². The number of aromatic nitrogens is 2. The zero-order valence-corrected chi connectivity index (χ0v) is 14.8. The van der Waals surface area contributed by atoms with Crippen LogP contribution in [0.3, 0.4) is 0 Å². The second-order valence-electron chi connectivity index (χ2n) is 4.71. The van der Waals surface area contributed by atoms with Crippen molar-refractivity contribution in [3.05, 3.63) is 46.8 Å². The van der Waals surface area contributed by atoms with Crippen molar-refractivity contribution in [3.63, 3.8) is 0 Å². The first-order chi connectivity index (χ1) is 11.5. The van der Waals surface area contributed by atoms with E-state index in [1.165, 1.54) is 40.5 Å². The molecule has 24 heavy (non-hydrogen) atoms. The van der Waals surface area contributed by atoms with E-state index in [1.807, 2.05) is 5.38 Å². The molecule has 0 bridgehead atoms. The molecule has 1 atom stereocenters. The monoisotopic (exact) mass is 383 g/mol. The minimum absolute atomic E-state index is 0.193. The highest BCUT2D eigenvalue weighted by molar-refractivity contribution is 8.02. The maximum atomic E-state index is 13.3. The van der Waals surface area contributed by atoms with Gasteiger partial charge in [0.1, 0.15) is 0 Å². The van der Waals surface area contributed by atoms with Gasteiger partial charge >= 0.3 is 0 Å². The van der Waals surface area contributed by atoms with Crippen LogP contribution in [0.4, 0.5) is 13.9 Å². The Morgan fingerprint density at radius 2 is 2.12 bits per heavy atom. The molecule has 0 aliphatic rings. The maximum absolute atomic E-state index is 13.3. The van der Waals surface area contributed by atoms with E-state index < -0.39 is 11.6 Å². The van der Waals surface area contributed by atoms with Gasteiger partial charge in [0.2, 0.25) is 5.91 Å². The molecule has 0 radical (unpaired) electrons. The SMILES string of the molecule is CC(Sc1nccs1)C(=O)Nc1nc(-c2ccc(F)c(F)c2)cs1. The zero-order chi connectivity index (χ0) is 17.1. The van der Waals surface area contributed by atoms with Crippen molar-refractivity contribution in [2.75, 3.05) is 5.32 Å². The van der Waals surface area contributed by atoms with Crippen molar-refractivity contribution in [1.82, 2.24) is 9.97 Å². The van der Waals surface area contributed by atoms with Crippen LogP contribution < -0.4 is 5.32 Å². The maximum Gasteiger partial charge on any atom is 0.239 e. The van der Waals surface area contributed by atoms with Gasteiger partial charge in [-0.1, -0.05) is 11.8 Å². The van der Waals surface area contributed by atoms with Gasteiger partial charge < -0.3 is 5.32 Å². The number of benzene rings is 1. The van der Waals surface area contributed by atoms with Crippen LogP contribution in [0.15, 0.2) is 39.5 Å². The standard InChI is InChI=1S/C15H11F2N3OS3/c1-8(24-15-18-4-5-22-15)13(21)20-14-19-12(7-23-14)9-2-3-10(16)11(17)6-9/h2-8H,1H3,(H,19,20,21). The van der Waals surface area contributed by atoms with E-state index in [4.69, 9.17) is 0 Å². The third-order valence-electron chi connectivity index (χ3n) is 3.01. The van der Waals surface area contributed by atoms with Gasteiger partial charge in [0.25, 0.3) is 0 Å². The summed E-state index contributed by atoms with van der Waals surface area (Å²) in [5.41, 5.74) is 0.935. The lowest BCUT2D eigenvalue weighted by Gasteiger charge is -2.08. The first kappa shape index (κ1) is 17.0. The second kappa shape index (κ2) is 7.37. The number of thiazole rings is 2. The predicted molar refractivity (Wildman–Crippen MR) is 93.5 cm³/mol. The lowest BCUT2D eigenvalue weighted by Crippen LogP contribution is -2.22. The smallest absolute Gasteiger partial charge is 0.239 e. The van der Waals surface area contributed by atoms with Gasteiger partial charge in [0.15, 0.2) is 21.1 Å². The number of nitrogens with zero attached hydrogens (tertiary/aromatic N) is 2. The summed E-state index contributed by atoms with van der Waals surface area (Å²) < 4.78 is 27.1. The highest BCUT2D eigenvalue weighted by atomic mass is 32.2. The number of carbonyl (C=O) groups excluding carboxylic acids is 1. The molecule has 0 spiro atoms. The molecule has 1 unspecified atom stereocenters. The number of hydrogen-bond donors (Lipinski definition) is 1. The van der Waals surface area contributed by atoms with Crippen LogP contribution >= 0.6 is 34.4 Å². The molecule has 0 fully saturated rings.